The van der Waals surface area contributed by atoms with E-state index >= 15 is 0 Å². The van der Waals surface area contributed by atoms with Crippen LogP contribution in [0.1, 0.15) is 18.1 Å². The van der Waals surface area contributed by atoms with Crippen LogP contribution in [0.15, 0.2) is 69.9 Å². The summed E-state index contributed by atoms with van der Waals surface area (Å²) in [5.74, 6) is -0.319. The third kappa shape index (κ3) is 4.94. The van der Waals surface area contributed by atoms with Crippen LogP contribution >= 0.6 is 0 Å². The second-order valence-electron chi connectivity index (χ2n) is 6.61. The average molecular weight is 399 g/mol. The molecule has 0 aliphatic carbocycles. The third-order valence-corrected chi connectivity index (χ3v) is 4.49. The van der Waals surface area contributed by atoms with Gasteiger partial charge in [-0.15, -0.1) is 0 Å². The van der Waals surface area contributed by atoms with Gasteiger partial charge in [-0.1, -0.05) is 46.6 Å². The van der Waals surface area contributed by atoms with Crippen LogP contribution in [-0.2, 0) is 9.59 Å². The van der Waals surface area contributed by atoms with Gasteiger partial charge in [0.2, 0.25) is 5.91 Å². The molecule has 1 fully saturated rings. The summed E-state index contributed by atoms with van der Waals surface area (Å²) in [5.41, 5.74) is 20.4. The number of amides is 1. The van der Waals surface area contributed by atoms with Gasteiger partial charge in [-0.05, 0) is 46.5 Å². The first kappa shape index (κ1) is 20.4. The predicted molar refractivity (Wildman–Crippen MR) is 114 cm³/mol. The van der Waals surface area contributed by atoms with Crippen molar-refractivity contribution < 1.29 is 9.59 Å². The van der Waals surface area contributed by atoms with Crippen LogP contribution in [0, 0.1) is 0 Å². The molecule has 0 aromatic heterocycles. The Bertz CT molecular complexity index is 1090. The minimum absolute atomic E-state index is 0.148. The summed E-state index contributed by atoms with van der Waals surface area (Å²) in [7, 11) is 0. The van der Waals surface area contributed by atoms with Crippen LogP contribution in [0.5, 0.6) is 0 Å². The average Bonchev–Trinajstić information content (AvgIpc) is 2.72. The van der Waals surface area contributed by atoms with Crippen molar-refractivity contribution in [2.24, 2.45) is 10.2 Å². The molecule has 1 aliphatic rings. The van der Waals surface area contributed by atoms with Crippen molar-refractivity contribution in [3.8, 4) is 0 Å². The van der Waals surface area contributed by atoms with E-state index in [1.807, 2.05) is 0 Å². The molecule has 0 spiro atoms. The maximum absolute atomic E-state index is 13.1. The number of rotatable bonds is 4. The van der Waals surface area contributed by atoms with Gasteiger partial charge in [-0.2, -0.15) is 0 Å². The number of likely N-dealkylation sites (tertiary alicyclic amines) is 1. The Hall–Kier alpha value is -4.32. The lowest BCUT2D eigenvalue weighted by Crippen LogP contribution is -2.40. The molecule has 0 bridgehead atoms. The molecule has 1 amide bonds. The van der Waals surface area contributed by atoms with E-state index in [2.05, 4.69) is 20.1 Å². The highest BCUT2D eigenvalue weighted by Gasteiger charge is 2.27. The fraction of sp³-hybridized carbons (Fsp3) is 0.143. The number of piperidine rings is 1. The van der Waals surface area contributed by atoms with Crippen molar-refractivity contribution in [2.45, 2.75) is 6.92 Å². The van der Waals surface area contributed by atoms with Gasteiger partial charge in [0.25, 0.3) is 0 Å². The molecule has 0 atom stereocenters. The highest BCUT2D eigenvalue weighted by molar-refractivity contribution is 6.15. The molecule has 1 saturated heterocycles. The number of hydrogen-bond donors (Lipinski definition) is 0. The predicted octanol–water partition coefficient (Wildman–Crippen LogP) is 5.47. The van der Waals surface area contributed by atoms with Crippen LogP contribution in [0.25, 0.3) is 33.0 Å². The third-order valence-electron chi connectivity index (χ3n) is 4.49. The standard InChI is InChI=1S/C21H17N7O2/c1-14(29)28-12-17(8-15-4-2-6-19(10-15)24-26-22)21(30)18(13-28)9-16-5-3-7-20(11-16)25-27-23/h2-11H,12-13H2,1H3. The van der Waals surface area contributed by atoms with Crippen LogP contribution in [-0.4, -0.2) is 29.7 Å². The summed E-state index contributed by atoms with van der Waals surface area (Å²) in [5, 5.41) is 7.15. The number of azide groups is 2. The van der Waals surface area contributed by atoms with E-state index in [9.17, 15) is 9.59 Å². The van der Waals surface area contributed by atoms with Crippen LogP contribution < -0.4 is 0 Å². The Morgan fingerprint density at radius 1 is 0.933 bits per heavy atom. The van der Waals surface area contributed by atoms with E-state index in [0.29, 0.717) is 33.6 Å². The maximum atomic E-state index is 13.1. The molecule has 0 unspecified atom stereocenters. The summed E-state index contributed by atoms with van der Waals surface area (Å²) < 4.78 is 0. The highest BCUT2D eigenvalue weighted by Crippen LogP contribution is 2.25. The van der Waals surface area contributed by atoms with Crippen LogP contribution in [0.4, 0.5) is 11.4 Å². The van der Waals surface area contributed by atoms with Gasteiger partial charge in [0.1, 0.15) is 0 Å². The molecule has 0 N–H and O–H groups in total. The van der Waals surface area contributed by atoms with Gasteiger partial charge in [0, 0.05) is 52.4 Å². The number of Topliss-reactive ketones (excluding diaryl/α,β-unsaturated/α-hetero) is 1. The quantitative estimate of drug-likeness (QED) is 0.292. The summed E-state index contributed by atoms with van der Waals surface area (Å²) in [6.07, 6.45) is 3.39. The Balaban J connectivity index is 2.01. The molecular weight excluding hydrogens is 382 g/mol. The fourth-order valence-corrected chi connectivity index (χ4v) is 3.12. The molecule has 1 aliphatic heterocycles. The van der Waals surface area contributed by atoms with Crippen molar-refractivity contribution >= 4 is 35.2 Å². The summed E-state index contributed by atoms with van der Waals surface area (Å²) >= 11 is 0. The van der Waals surface area contributed by atoms with Gasteiger partial charge < -0.3 is 4.90 Å². The van der Waals surface area contributed by atoms with Crippen molar-refractivity contribution in [3.05, 3.63) is 91.7 Å². The van der Waals surface area contributed by atoms with Gasteiger partial charge >= 0.3 is 0 Å². The maximum Gasteiger partial charge on any atom is 0.220 e. The smallest absolute Gasteiger partial charge is 0.220 e. The Labute approximate surface area is 172 Å². The zero-order valence-corrected chi connectivity index (χ0v) is 16.1. The molecule has 9 heteroatoms. The lowest BCUT2D eigenvalue weighted by Gasteiger charge is -2.29. The molecule has 2 aromatic rings. The Morgan fingerprint density at radius 3 is 1.80 bits per heavy atom. The molecule has 1 heterocycles. The monoisotopic (exact) mass is 399 g/mol. The summed E-state index contributed by atoms with van der Waals surface area (Å²) in [4.78, 5) is 32.2. The van der Waals surface area contributed by atoms with Gasteiger partial charge in [-0.25, -0.2) is 0 Å². The zero-order chi connectivity index (χ0) is 21.5. The van der Waals surface area contributed by atoms with Gasteiger partial charge in [0.05, 0.1) is 0 Å². The minimum Gasteiger partial charge on any atom is -0.334 e. The lowest BCUT2D eigenvalue weighted by atomic mass is 9.94. The Morgan fingerprint density at radius 2 is 1.40 bits per heavy atom. The minimum atomic E-state index is -0.170. The van der Waals surface area contributed by atoms with Gasteiger partial charge in [0.15, 0.2) is 5.78 Å². The number of benzene rings is 2. The largest absolute Gasteiger partial charge is 0.334 e. The fourth-order valence-electron chi connectivity index (χ4n) is 3.12. The van der Waals surface area contributed by atoms with Crippen LogP contribution in [0.2, 0.25) is 0 Å². The first-order valence-electron chi connectivity index (χ1n) is 9.02. The number of nitrogens with zero attached hydrogens (tertiary/aromatic N) is 7. The lowest BCUT2D eigenvalue weighted by molar-refractivity contribution is -0.129. The highest BCUT2D eigenvalue weighted by atomic mass is 16.2. The SMILES string of the molecule is CC(=O)N1CC(=Cc2cccc(N=[N+]=[N-])c2)C(=O)C(=Cc2cccc(N=[N+]=[N-])c2)C1. The van der Waals surface area contributed by atoms with E-state index in [-0.39, 0.29) is 24.8 Å². The molecule has 2 aromatic carbocycles. The zero-order valence-electron chi connectivity index (χ0n) is 16.1. The molecule has 3 rings (SSSR count). The Kier molecular flexibility index (Phi) is 6.29. The van der Waals surface area contributed by atoms with Crippen LogP contribution in [0.3, 0.4) is 0 Å². The summed E-state index contributed by atoms with van der Waals surface area (Å²) in [6, 6.07) is 13.7. The van der Waals surface area contributed by atoms with Gasteiger partial charge in [-0.3, -0.25) is 9.59 Å². The number of carbonyl (C=O) groups excluding carboxylic acids is 2. The van der Waals surface area contributed by atoms with E-state index < -0.39 is 0 Å². The number of ketones is 1. The summed E-state index contributed by atoms with van der Waals surface area (Å²) in [6.45, 7) is 1.83. The van der Waals surface area contributed by atoms with E-state index in [1.165, 1.54) is 6.92 Å². The first-order valence-corrected chi connectivity index (χ1v) is 9.02. The normalized spacial score (nSPS) is 16.2. The van der Waals surface area contributed by atoms with Crippen molar-refractivity contribution in [3.63, 3.8) is 0 Å². The first-order chi connectivity index (χ1) is 14.5. The topological polar surface area (TPSA) is 135 Å². The molecule has 0 saturated carbocycles. The van der Waals surface area contributed by atoms with Crippen molar-refractivity contribution in [1.29, 1.82) is 0 Å². The molecular formula is C21H17N7O2. The molecule has 0 radical (unpaired) electrons. The second kappa shape index (κ2) is 9.25. The molecule has 30 heavy (non-hydrogen) atoms. The van der Waals surface area contributed by atoms with Crippen molar-refractivity contribution in [1.82, 2.24) is 4.90 Å². The molecule has 148 valence electrons. The number of carbonyl (C=O) groups is 2. The van der Waals surface area contributed by atoms with E-state index in [0.717, 1.165) is 0 Å². The van der Waals surface area contributed by atoms with Crippen molar-refractivity contribution in [2.75, 3.05) is 13.1 Å². The second-order valence-corrected chi connectivity index (χ2v) is 6.61. The van der Waals surface area contributed by atoms with E-state index in [1.54, 1.807) is 65.6 Å². The van der Waals surface area contributed by atoms with E-state index in [4.69, 9.17) is 11.1 Å². The molecule has 9 nitrogen and oxygen atoms in total. The number of hydrogen-bond acceptors (Lipinski definition) is 4.